The van der Waals surface area contributed by atoms with Crippen LogP contribution in [0.2, 0.25) is 0 Å². The van der Waals surface area contributed by atoms with Gasteiger partial charge in [-0.05, 0) is 42.3 Å². The Morgan fingerprint density at radius 1 is 0.808 bits per heavy atom. The van der Waals surface area contributed by atoms with E-state index in [1.807, 2.05) is 0 Å². The van der Waals surface area contributed by atoms with E-state index in [0.717, 1.165) is 0 Å². The van der Waals surface area contributed by atoms with Crippen LogP contribution in [0.5, 0.6) is 0 Å². The topological polar surface area (TPSA) is 113 Å². The van der Waals surface area contributed by atoms with Crippen LogP contribution in [-0.4, -0.2) is 37.1 Å². The molecule has 0 bridgehead atoms. The monoisotopic (exact) mass is 345 g/mol. The summed E-state index contributed by atoms with van der Waals surface area (Å²) < 4.78 is 0. The Hall–Kier alpha value is -4.05. The van der Waals surface area contributed by atoms with Gasteiger partial charge < -0.3 is 10.2 Å². The number of hydrogen-bond donors (Lipinski definition) is 2. The highest BCUT2D eigenvalue weighted by Gasteiger charge is 2.10. The zero-order valence-electron chi connectivity index (χ0n) is 13.2. The lowest BCUT2D eigenvalue weighted by atomic mass is 10.1. The normalized spacial score (nSPS) is 9.85. The summed E-state index contributed by atoms with van der Waals surface area (Å²) in [5, 5.41) is 18.2. The first-order chi connectivity index (χ1) is 12.5. The Balaban J connectivity index is 2.03. The number of carboxylic acids is 2. The summed E-state index contributed by atoms with van der Waals surface area (Å²) >= 11 is 0. The predicted octanol–water partition coefficient (Wildman–Crippen LogP) is 2.33. The van der Waals surface area contributed by atoms with Gasteiger partial charge in [-0.1, -0.05) is 18.1 Å². The van der Waals surface area contributed by atoms with Crippen molar-refractivity contribution in [1.29, 1.82) is 0 Å². The molecule has 3 heterocycles. The molecule has 0 saturated heterocycles. The molecule has 3 aromatic heterocycles. The predicted molar refractivity (Wildman–Crippen MR) is 91.6 cm³/mol. The standard InChI is InChI=1S/C19H11N3O4/c23-18(24)15-6-3-4-13(21-15)8-7-12-10-16(14-5-1-2-9-20-14)22-17(11-12)19(25)26/h1-6,9-11H,(H,23,24)(H,25,26). The molecule has 0 amide bonds. The second kappa shape index (κ2) is 7.23. The number of aromatic nitrogens is 3. The van der Waals surface area contributed by atoms with E-state index in [1.54, 1.807) is 36.5 Å². The third kappa shape index (κ3) is 3.88. The molecule has 7 nitrogen and oxygen atoms in total. The Morgan fingerprint density at radius 2 is 1.62 bits per heavy atom. The Morgan fingerprint density at radius 3 is 2.31 bits per heavy atom. The van der Waals surface area contributed by atoms with Crippen molar-refractivity contribution < 1.29 is 19.8 Å². The van der Waals surface area contributed by atoms with Gasteiger partial charge in [0.15, 0.2) is 0 Å². The zero-order chi connectivity index (χ0) is 18.5. The molecule has 0 unspecified atom stereocenters. The van der Waals surface area contributed by atoms with E-state index in [2.05, 4.69) is 26.8 Å². The number of carboxylic acid groups (broad SMARTS) is 2. The van der Waals surface area contributed by atoms with Crippen molar-refractivity contribution in [3.63, 3.8) is 0 Å². The number of aromatic carboxylic acids is 2. The second-order valence-electron chi connectivity index (χ2n) is 5.11. The molecule has 0 spiro atoms. The fourth-order valence-corrected chi connectivity index (χ4v) is 2.12. The molecule has 0 aromatic carbocycles. The molecule has 0 fully saturated rings. The number of nitrogens with zero attached hydrogens (tertiary/aromatic N) is 3. The van der Waals surface area contributed by atoms with E-state index >= 15 is 0 Å². The van der Waals surface area contributed by atoms with Gasteiger partial charge in [-0.3, -0.25) is 4.98 Å². The van der Waals surface area contributed by atoms with Crippen molar-refractivity contribution in [3.05, 3.63) is 77.4 Å². The third-order valence-corrected chi connectivity index (χ3v) is 3.27. The van der Waals surface area contributed by atoms with E-state index in [1.165, 1.54) is 18.2 Å². The molecule has 0 radical (unpaired) electrons. The molecule has 0 aliphatic rings. The first-order valence-electron chi connectivity index (χ1n) is 7.42. The van der Waals surface area contributed by atoms with Gasteiger partial charge in [0, 0.05) is 11.8 Å². The molecular formula is C19H11N3O4. The molecule has 26 heavy (non-hydrogen) atoms. The molecule has 7 heteroatoms. The number of rotatable bonds is 3. The van der Waals surface area contributed by atoms with Crippen LogP contribution in [0.4, 0.5) is 0 Å². The van der Waals surface area contributed by atoms with Crippen LogP contribution in [0, 0.1) is 11.8 Å². The van der Waals surface area contributed by atoms with Gasteiger partial charge in [0.05, 0.1) is 11.4 Å². The van der Waals surface area contributed by atoms with Gasteiger partial charge in [-0.25, -0.2) is 19.6 Å². The van der Waals surface area contributed by atoms with Crippen molar-refractivity contribution >= 4 is 11.9 Å². The van der Waals surface area contributed by atoms with Gasteiger partial charge in [-0.15, -0.1) is 0 Å². The first kappa shape index (κ1) is 16.8. The van der Waals surface area contributed by atoms with Crippen LogP contribution in [0.15, 0.2) is 54.7 Å². The molecule has 0 aliphatic carbocycles. The quantitative estimate of drug-likeness (QED) is 0.700. The van der Waals surface area contributed by atoms with Crippen LogP contribution in [0.1, 0.15) is 32.2 Å². The van der Waals surface area contributed by atoms with E-state index in [-0.39, 0.29) is 17.1 Å². The maximum absolute atomic E-state index is 11.3. The van der Waals surface area contributed by atoms with Gasteiger partial charge in [-0.2, -0.15) is 0 Å². The summed E-state index contributed by atoms with van der Waals surface area (Å²) in [7, 11) is 0. The van der Waals surface area contributed by atoms with Crippen molar-refractivity contribution in [2.45, 2.75) is 0 Å². The fourth-order valence-electron chi connectivity index (χ4n) is 2.12. The van der Waals surface area contributed by atoms with E-state index in [4.69, 9.17) is 5.11 Å². The summed E-state index contributed by atoms with van der Waals surface area (Å²) in [6.07, 6.45) is 1.58. The molecule has 0 atom stereocenters. The van der Waals surface area contributed by atoms with E-state index in [0.29, 0.717) is 17.0 Å². The lowest BCUT2D eigenvalue weighted by molar-refractivity contribution is 0.0680. The number of pyridine rings is 3. The third-order valence-electron chi connectivity index (χ3n) is 3.27. The van der Waals surface area contributed by atoms with E-state index in [9.17, 15) is 14.7 Å². The summed E-state index contributed by atoms with van der Waals surface area (Å²) in [6, 6.07) is 12.6. The Labute approximate surface area is 148 Å². The summed E-state index contributed by atoms with van der Waals surface area (Å²) in [5.74, 6) is 3.20. The highest BCUT2D eigenvalue weighted by atomic mass is 16.4. The summed E-state index contributed by atoms with van der Waals surface area (Å²) in [4.78, 5) is 34.4. The maximum Gasteiger partial charge on any atom is 0.354 e. The maximum atomic E-state index is 11.3. The minimum absolute atomic E-state index is 0.119. The highest BCUT2D eigenvalue weighted by Crippen LogP contribution is 2.16. The van der Waals surface area contributed by atoms with E-state index < -0.39 is 11.9 Å². The second-order valence-corrected chi connectivity index (χ2v) is 5.11. The number of carbonyl (C=O) groups is 2. The largest absolute Gasteiger partial charge is 0.477 e. The smallest absolute Gasteiger partial charge is 0.354 e. The fraction of sp³-hybridized carbons (Fsp3) is 0. The van der Waals surface area contributed by atoms with Crippen LogP contribution in [0.25, 0.3) is 11.4 Å². The van der Waals surface area contributed by atoms with Gasteiger partial charge in [0.25, 0.3) is 0 Å². The highest BCUT2D eigenvalue weighted by molar-refractivity contribution is 5.87. The molecule has 126 valence electrons. The Bertz CT molecular complexity index is 1050. The van der Waals surface area contributed by atoms with Crippen LogP contribution in [-0.2, 0) is 0 Å². The van der Waals surface area contributed by atoms with Crippen molar-refractivity contribution in [2.24, 2.45) is 0 Å². The van der Waals surface area contributed by atoms with Crippen LogP contribution < -0.4 is 0 Å². The van der Waals surface area contributed by atoms with Gasteiger partial charge in [0.2, 0.25) is 0 Å². The zero-order valence-corrected chi connectivity index (χ0v) is 13.2. The lowest BCUT2D eigenvalue weighted by Crippen LogP contribution is -2.03. The van der Waals surface area contributed by atoms with Crippen LogP contribution in [0.3, 0.4) is 0 Å². The minimum atomic E-state index is -1.18. The molecule has 2 N–H and O–H groups in total. The SMILES string of the molecule is O=C(O)c1cccc(C#Cc2cc(C(=O)O)nc(-c3ccccn3)c2)n1. The first-order valence-corrected chi connectivity index (χ1v) is 7.42. The lowest BCUT2D eigenvalue weighted by Gasteiger charge is -2.03. The Kier molecular flexibility index (Phi) is 4.67. The minimum Gasteiger partial charge on any atom is -0.477 e. The van der Waals surface area contributed by atoms with Crippen molar-refractivity contribution in [3.8, 4) is 23.2 Å². The average Bonchev–Trinajstić information content (AvgIpc) is 2.67. The van der Waals surface area contributed by atoms with Crippen molar-refractivity contribution in [1.82, 2.24) is 15.0 Å². The summed E-state index contributed by atoms with van der Waals surface area (Å²) in [6.45, 7) is 0. The summed E-state index contributed by atoms with van der Waals surface area (Å²) in [5.41, 5.74) is 1.28. The van der Waals surface area contributed by atoms with Gasteiger partial charge >= 0.3 is 11.9 Å². The van der Waals surface area contributed by atoms with Crippen LogP contribution >= 0.6 is 0 Å². The molecule has 0 aliphatic heterocycles. The average molecular weight is 345 g/mol. The van der Waals surface area contributed by atoms with Gasteiger partial charge in [0.1, 0.15) is 17.1 Å². The molecule has 0 saturated carbocycles. The molecular weight excluding hydrogens is 334 g/mol. The number of hydrogen-bond acceptors (Lipinski definition) is 5. The molecule has 3 aromatic rings. The van der Waals surface area contributed by atoms with Crippen molar-refractivity contribution in [2.75, 3.05) is 0 Å². The molecule has 3 rings (SSSR count).